The second-order valence-electron chi connectivity index (χ2n) is 3.41. The van der Waals surface area contributed by atoms with Crippen molar-refractivity contribution in [3.63, 3.8) is 0 Å². The van der Waals surface area contributed by atoms with E-state index < -0.39 is 10.0 Å². The minimum absolute atomic E-state index is 0.0370. The summed E-state index contributed by atoms with van der Waals surface area (Å²) in [6, 6.07) is 0.298. The molecule has 0 radical (unpaired) electrons. The monoisotopic (exact) mass is 224 g/mol. The summed E-state index contributed by atoms with van der Waals surface area (Å²) >= 11 is 1.55. The van der Waals surface area contributed by atoms with Crippen LogP contribution in [0.2, 0.25) is 0 Å². The van der Waals surface area contributed by atoms with Gasteiger partial charge in [-0.15, -0.1) is 11.8 Å². The average Bonchev–Trinajstić information content (AvgIpc) is 2.28. The van der Waals surface area contributed by atoms with Crippen molar-refractivity contribution in [2.75, 3.05) is 26.1 Å². The lowest BCUT2D eigenvalue weighted by Crippen LogP contribution is -2.37. The molecule has 4 nitrogen and oxygen atoms in total. The van der Waals surface area contributed by atoms with Gasteiger partial charge in [-0.3, -0.25) is 4.90 Å². The van der Waals surface area contributed by atoms with Crippen LogP contribution in [0.25, 0.3) is 0 Å². The summed E-state index contributed by atoms with van der Waals surface area (Å²) < 4.78 is 24.3. The SMILES string of the molecule is CSC1N(C)[C@@H](C)CN1S(C)(=O)=O. The Kier molecular flexibility index (Phi) is 3.27. The fourth-order valence-corrected chi connectivity index (χ4v) is 4.03. The highest BCUT2D eigenvalue weighted by molar-refractivity contribution is 8.00. The highest BCUT2D eigenvalue weighted by Crippen LogP contribution is 2.27. The first-order chi connectivity index (χ1) is 5.88. The molecule has 13 heavy (non-hydrogen) atoms. The molecule has 78 valence electrons. The van der Waals surface area contributed by atoms with Gasteiger partial charge in [0.05, 0.1) is 6.26 Å². The first-order valence-corrected chi connectivity index (χ1v) is 7.23. The topological polar surface area (TPSA) is 40.6 Å². The molecule has 0 aliphatic carbocycles. The summed E-state index contributed by atoms with van der Waals surface area (Å²) in [6.45, 7) is 2.63. The van der Waals surface area contributed by atoms with Crippen molar-refractivity contribution in [1.82, 2.24) is 9.21 Å². The van der Waals surface area contributed by atoms with Crippen LogP contribution in [0.4, 0.5) is 0 Å². The van der Waals surface area contributed by atoms with Crippen LogP contribution >= 0.6 is 11.8 Å². The molecule has 0 aromatic heterocycles. The Bertz CT molecular complexity index is 278. The molecule has 0 spiro atoms. The third kappa shape index (κ3) is 2.18. The van der Waals surface area contributed by atoms with Gasteiger partial charge in [-0.05, 0) is 20.2 Å². The van der Waals surface area contributed by atoms with Crippen LogP contribution in [-0.4, -0.2) is 55.3 Å². The molecule has 2 atom stereocenters. The Morgan fingerprint density at radius 2 is 2.00 bits per heavy atom. The number of nitrogens with zero attached hydrogens (tertiary/aromatic N) is 2. The van der Waals surface area contributed by atoms with Crippen LogP contribution in [0.3, 0.4) is 0 Å². The third-order valence-electron chi connectivity index (χ3n) is 2.37. The van der Waals surface area contributed by atoms with Gasteiger partial charge in [-0.1, -0.05) is 0 Å². The summed E-state index contributed by atoms with van der Waals surface area (Å²) in [5, 5.41) is 0. The number of likely N-dealkylation sites (N-methyl/N-ethyl adjacent to an activating group) is 1. The lowest BCUT2D eigenvalue weighted by molar-refractivity contribution is 0.288. The van der Waals surface area contributed by atoms with E-state index in [4.69, 9.17) is 0 Å². The van der Waals surface area contributed by atoms with E-state index in [-0.39, 0.29) is 5.50 Å². The average molecular weight is 224 g/mol. The molecule has 0 bridgehead atoms. The molecule has 6 heteroatoms. The normalized spacial score (nSPS) is 32.6. The van der Waals surface area contributed by atoms with Gasteiger partial charge in [0.1, 0.15) is 5.50 Å². The van der Waals surface area contributed by atoms with Gasteiger partial charge in [-0.25, -0.2) is 8.42 Å². The molecule has 0 saturated carbocycles. The maximum absolute atomic E-state index is 11.4. The van der Waals surface area contributed by atoms with E-state index in [2.05, 4.69) is 4.90 Å². The van der Waals surface area contributed by atoms with Crippen molar-refractivity contribution in [3.05, 3.63) is 0 Å². The van der Waals surface area contributed by atoms with Gasteiger partial charge in [0, 0.05) is 12.6 Å². The van der Waals surface area contributed by atoms with Gasteiger partial charge in [0.15, 0.2) is 0 Å². The Balaban J connectivity index is 2.89. The first-order valence-electron chi connectivity index (χ1n) is 4.09. The second-order valence-corrected chi connectivity index (χ2v) is 6.24. The summed E-state index contributed by atoms with van der Waals surface area (Å²) in [6.07, 6.45) is 3.19. The van der Waals surface area contributed by atoms with E-state index in [0.717, 1.165) is 0 Å². The van der Waals surface area contributed by atoms with Gasteiger partial charge in [-0.2, -0.15) is 4.31 Å². The summed E-state index contributed by atoms with van der Waals surface area (Å²) in [5.41, 5.74) is -0.0370. The van der Waals surface area contributed by atoms with Crippen molar-refractivity contribution in [2.45, 2.75) is 18.5 Å². The Hall–Kier alpha value is 0.220. The molecule has 1 fully saturated rings. The molecule has 1 aliphatic rings. The molecule has 0 aromatic rings. The van der Waals surface area contributed by atoms with Crippen molar-refractivity contribution < 1.29 is 8.42 Å². The lowest BCUT2D eigenvalue weighted by Gasteiger charge is -2.24. The maximum Gasteiger partial charge on any atom is 0.213 e. The fraction of sp³-hybridized carbons (Fsp3) is 1.00. The van der Waals surface area contributed by atoms with E-state index in [1.807, 2.05) is 20.2 Å². The standard InChI is InChI=1S/C7H16N2O2S2/c1-6-5-9(13(4,10)11)7(12-3)8(6)2/h6-7H,5H2,1-4H3/t6-,7?/m0/s1. The smallest absolute Gasteiger partial charge is 0.213 e. The first kappa shape index (κ1) is 11.3. The Labute approximate surface area is 84.3 Å². The fourth-order valence-electron chi connectivity index (χ4n) is 1.48. The van der Waals surface area contributed by atoms with Gasteiger partial charge in [0.2, 0.25) is 10.0 Å². The highest BCUT2D eigenvalue weighted by Gasteiger charge is 2.38. The lowest BCUT2D eigenvalue weighted by atomic mass is 10.3. The molecule has 1 unspecified atom stereocenters. The number of hydrogen-bond acceptors (Lipinski definition) is 4. The highest BCUT2D eigenvalue weighted by atomic mass is 32.2. The predicted octanol–water partition coefficient (Wildman–Crippen LogP) is 0.229. The van der Waals surface area contributed by atoms with E-state index in [9.17, 15) is 8.42 Å². The largest absolute Gasteiger partial charge is 0.278 e. The van der Waals surface area contributed by atoms with Crippen LogP contribution in [0.15, 0.2) is 0 Å². The van der Waals surface area contributed by atoms with E-state index in [1.54, 1.807) is 16.1 Å². The zero-order valence-electron chi connectivity index (χ0n) is 8.39. The number of rotatable bonds is 2. The number of thioether (sulfide) groups is 1. The Morgan fingerprint density at radius 1 is 1.46 bits per heavy atom. The van der Waals surface area contributed by atoms with Crippen molar-refractivity contribution in [2.24, 2.45) is 0 Å². The minimum Gasteiger partial charge on any atom is -0.278 e. The molecular formula is C7H16N2O2S2. The third-order valence-corrected chi connectivity index (χ3v) is 4.71. The molecule has 1 saturated heterocycles. The van der Waals surface area contributed by atoms with Gasteiger partial charge >= 0.3 is 0 Å². The zero-order chi connectivity index (χ0) is 10.2. The van der Waals surface area contributed by atoms with Crippen molar-refractivity contribution >= 4 is 21.8 Å². The van der Waals surface area contributed by atoms with Crippen LogP contribution in [0.5, 0.6) is 0 Å². The quantitative estimate of drug-likeness (QED) is 0.673. The molecule has 1 aliphatic heterocycles. The second kappa shape index (κ2) is 3.76. The molecular weight excluding hydrogens is 208 g/mol. The van der Waals surface area contributed by atoms with Gasteiger partial charge in [0.25, 0.3) is 0 Å². The van der Waals surface area contributed by atoms with Gasteiger partial charge < -0.3 is 0 Å². The molecule has 0 amide bonds. The molecule has 1 rings (SSSR count). The molecule has 1 heterocycles. The van der Waals surface area contributed by atoms with E-state index in [0.29, 0.717) is 12.6 Å². The van der Waals surface area contributed by atoms with Crippen LogP contribution < -0.4 is 0 Å². The maximum atomic E-state index is 11.4. The Morgan fingerprint density at radius 3 is 2.31 bits per heavy atom. The zero-order valence-corrected chi connectivity index (χ0v) is 10.0. The number of hydrogen-bond donors (Lipinski definition) is 0. The summed E-state index contributed by atoms with van der Waals surface area (Å²) in [4.78, 5) is 2.08. The predicted molar refractivity (Wildman–Crippen MR) is 56.1 cm³/mol. The molecule has 0 N–H and O–H groups in total. The minimum atomic E-state index is -3.06. The van der Waals surface area contributed by atoms with E-state index >= 15 is 0 Å². The number of sulfonamides is 1. The van der Waals surface area contributed by atoms with Crippen LogP contribution in [-0.2, 0) is 10.0 Å². The van der Waals surface area contributed by atoms with Crippen LogP contribution in [0, 0.1) is 0 Å². The van der Waals surface area contributed by atoms with Crippen molar-refractivity contribution in [3.8, 4) is 0 Å². The summed E-state index contributed by atoms with van der Waals surface area (Å²) in [7, 11) is -1.10. The van der Waals surface area contributed by atoms with Crippen LogP contribution in [0.1, 0.15) is 6.92 Å². The molecule has 0 aromatic carbocycles. The van der Waals surface area contributed by atoms with Crippen molar-refractivity contribution in [1.29, 1.82) is 0 Å². The summed E-state index contributed by atoms with van der Waals surface area (Å²) in [5.74, 6) is 0. The van der Waals surface area contributed by atoms with E-state index in [1.165, 1.54) is 6.26 Å².